The van der Waals surface area contributed by atoms with Gasteiger partial charge >= 0.3 is 0 Å². The summed E-state index contributed by atoms with van der Waals surface area (Å²) in [6, 6.07) is 11.0. The summed E-state index contributed by atoms with van der Waals surface area (Å²) < 4.78 is 0. The van der Waals surface area contributed by atoms with Gasteiger partial charge in [0.1, 0.15) is 16.1 Å². The van der Waals surface area contributed by atoms with E-state index in [1.54, 1.807) is 18.3 Å². The Kier molecular flexibility index (Phi) is 3.03. The zero-order valence-corrected chi connectivity index (χ0v) is 9.11. The van der Waals surface area contributed by atoms with Crippen LogP contribution in [0.2, 0.25) is 0 Å². The predicted octanol–water partition coefficient (Wildman–Crippen LogP) is 2.08. The van der Waals surface area contributed by atoms with Crippen molar-refractivity contribution in [1.29, 1.82) is 5.26 Å². The number of hydrogen-bond acceptors (Lipinski definition) is 5. The quantitative estimate of drug-likeness (QED) is 0.851. The largest absolute Gasteiger partial charge is 0.396 e. The molecule has 0 atom stereocenters. The fourth-order valence-electron chi connectivity index (χ4n) is 1.11. The summed E-state index contributed by atoms with van der Waals surface area (Å²) in [7, 11) is 0. The molecular formula is C11H8N4S. The van der Waals surface area contributed by atoms with Crippen molar-refractivity contribution in [2.24, 2.45) is 0 Å². The molecule has 0 aromatic carbocycles. The van der Waals surface area contributed by atoms with E-state index in [-0.39, 0.29) is 5.69 Å². The number of hydrogen-bond donors (Lipinski definition) is 1. The molecule has 0 amide bonds. The lowest BCUT2D eigenvalue weighted by Crippen LogP contribution is -1.94. The van der Waals surface area contributed by atoms with E-state index < -0.39 is 0 Å². The average molecular weight is 228 g/mol. The fourth-order valence-corrected chi connectivity index (χ4v) is 1.86. The lowest BCUT2D eigenvalue weighted by atomic mass is 10.3. The zero-order valence-electron chi connectivity index (χ0n) is 8.29. The standard InChI is InChI=1S/C11H8N4S/c12-7-9-8(13)4-5-11(15-9)16-10-3-1-2-6-14-10/h1-6H,13H2. The highest BCUT2D eigenvalue weighted by molar-refractivity contribution is 7.99. The lowest BCUT2D eigenvalue weighted by molar-refractivity contribution is 1.08. The highest BCUT2D eigenvalue weighted by atomic mass is 32.2. The van der Waals surface area contributed by atoms with Gasteiger partial charge in [0.2, 0.25) is 0 Å². The first kappa shape index (κ1) is 10.5. The van der Waals surface area contributed by atoms with E-state index in [1.165, 1.54) is 11.8 Å². The van der Waals surface area contributed by atoms with Gasteiger partial charge in [0, 0.05) is 6.20 Å². The van der Waals surface area contributed by atoms with Crippen molar-refractivity contribution in [3.8, 4) is 6.07 Å². The second-order valence-electron chi connectivity index (χ2n) is 2.97. The number of nitriles is 1. The molecule has 0 radical (unpaired) electrons. The summed E-state index contributed by atoms with van der Waals surface area (Å²) in [6.07, 6.45) is 1.71. The maximum absolute atomic E-state index is 8.79. The molecule has 0 aliphatic heterocycles. The van der Waals surface area contributed by atoms with E-state index in [0.29, 0.717) is 10.7 Å². The molecule has 2 aromatic rings. The zero-order chi connectivity index (χ0) is 11.4. The molecule has 5 heteroatoms. The van der Waals surface area contributed by atoms with Crippen LogP contribution in [0.5, 0.6) is 0 Å². The number of nitrogens with zero attached hydrogens (tertiary/aromatic N) is 3. The molecule has 0 saturated heterocycles. The summed E-state index contributed by atoms with van der Waals surface area (Å²) in [5.74, 6) is 0. The molecule has 2 rings (SSSR count). The Morgan fingerprint density at radius 1 is 1.19 bits per heavy atom. The van der Waals surface area contributed by atoms with E-state index >= 15 is 0 Å². The van der Waals surface area contributed by atoms with Crippen LogP contribution < -0.4 is 5.73 Å². The minimum Gasteiger partial charge on any atom is -0.396 e. The molecule has 0 bridgehead atoms. The Hall–Kier alpha value is -2.06. The highest BCUT2D eigenvalue weighted by Crippen LogP contribution is 2.25. The molecule has 2 heterocycles. The van der Waals surface area contributed by atoms with Gasteiger partial charge < -0.3 is 5.73 Å². The molecular weight excluding hydrogens is 220 g/mol. The van der Waals surface area contributed by atoms with Gasteiger partial charge in [-0.15, -0.1) is 0 Å². The number of anilines is 1. The summed E-state index contributed by atoms with van der Waals surface area (Å²) in [5, 5.41) is 10.3. The smallest absolute Gasteiger partial charge is 0.164 e. The molecule has 16 heavy (non-hydrogen) atoms. The molecule has 78 valence electrons. The van der Waals surface area contributed by atoms with E-state index in [0.717, 1.165) is 5.03 Å². The number of pyridine rings is 2. The first-order valence-electron chi connectivity index (χ1n) is 4.55. The fraction of sp³-hybridized carbons (Fsp3) is 0. The molecule has 0 spiro atoms. The van der Waals surface area contributed by atoms with Crippen molar-refractivity contribution in [2.45, 2.75) is 10.1 Å². The van der Waals surface area contributed by atoms with Gasteiger partial charge in [0.05, 0.1) is 5.69 Å². The van der Waals surface area contributed by atoms with Gasteiger partial charge in [0.25, 0.3) is 0 Å². The minimum atomic E-state index is 0.251. The molecule has 0 aliphatic rings. The van der Waals surface area contributed by atoms with E-state index in [2.05, 4.69) is 9.97 Å². The summed E-state index contributed by atoms with van der Waals surface area (Å²) in [6.45, 7) is 0. The van der Waals surface area contributed by atoms with Gasteiger partial charge in [-0.05, 0) is 24.3 Å². The van der Waals surface area contributed by atoms with Gasteiger partial charge in [-0.2, -0.15) is 5.26 Å². The third-order valence-electron chi connectivity index (χ3n) is 1.85. The normalized spacial score (nSPS) is 9.69. The second-order valence-corrected chi connectivity index (χ2v) is 4.01. The van der Waals surface area contributed by atoms with Crippen molar-refractivity contribution in [2.75, 3.05) is 5.73 Å². The number of aromatic nitrogens is 2. The van der Waals surface area contributed by atoms with Crippen molar-refractivity contribution in [3.05, 3.63) is 42.2 Å². The van der Waals surface area contributed by atoms with Gasteiger partial charge in [-0.1, -0.05) is 17.8 Å². The first-order valence-corrected chi connectivity index (χ1v) is 5.37. The van der Waals surface area contributed by atoms with Crippen LogP contribution in [0.4, 0.5) is 5.69 Å². The number of nitrogen functional groups attached to an aromatic ring is 1. The summed E-state index contributed by atoms with van der Waals surface area (Å²) in [5.41, 5.74) is 6.23. The van der Waals surface area contributed by atoms with Crippen LogP contribution in [0.1, 0.15) is 5.69 Å². The molecule has 4 nitrogen and oxygen atoms in total. The molecule has 0 unspecified atom stereocenters. The molecule has 2 N–H and O–H groups in total. The SMILES string of the molecule is N#Cc1nc(Sc2ccccn2)ccc1N. The van der Waals surface area contributed by atoms with Crippen molar-refractivity contribution in [3.63, 3.8) is 0 Å². The predicted molar refractivity (Wildman–Crippen MR) is 61.7 cm³/mol. The Labute approximate surface area is 97.1 Å². The summed E-state index contributed by atoms with van der Waals surface area (Å²) >= 11 is 1.40. The highest BCUT2D eigenvalue weighted by Gasteiger charge is 2.04. The first-order chi connectivity index (χ1) is 7.79. The minimum absolute atomic E-state index is 0.251. The van der Waals surface area contributed by atoms with Gasteiger partial charge in [0.15, 0.2) is 5.69 Å². The molecule has 0 aliphatic carbocycles. The maximum Gasteiger partial charge on any atom is 0.164 e. The van der Waals surface area contributed by atoms with Crippen LogP contribution in [-0.4, -0.2) is 9.97 Å². The van der Waals surface area contributed by atoms with Crippen LogP contribution in [0, 0.1) is 11.3 Å². The van der Waals surface area contributed by atoms with E-state index in [4.69, 9.17) is 11.0 Å². The average Bonchev–Trinajstić information content (AvgIpc) is 2.33. The van der Waals surface area contributed by atoms with Gasteiger partial charge in [-0.3, -0.25) is 0 Å². The number of nitrogens with two attached hydrogens (primary N) is 1. The van der Waals surface area contributed by atoms with Crippen molar-refractivity contribution >= 4 is 17.4 Å². The molecule has 0 fully saturated rings. The Balaban J connectivity index is 2.27. The van der Waals surface area contributed by atoms with E-state index in [1.807, 2.05) is 24.3 Å². The van der Waals surface area contributed by atoms with Crippen LogP contribution in [0.3, 0.4) is 0 Å². The third-order valence-corrected chi connectivity index (χ3v) is 2.74. The van der Waals surface area contributed by atoms with Crippen molar-refractivity contribution < 1.29 is 0 Å². The van der Waals surface area contributed by atoms with Crippen LogP contribution in [0.25, 0.3) is 0 Å². The van der Waals surface area contributed by atoms with Gasteiger partial charge in [-0.25, -0.2) is 9.97 Å². The van der Waals surface area contributed by atoms with Crippen molar-refractivity contribution in [1.82, 2.24) is 9.97 Å². The Bertz CT molecular complexity index is 533. The maximum atomic E-state index is 8.79. The third kappa shape index (κ3) is 2.30. The molecule has 0 saturated carbocycles. The van der Waals surface area contributed by atoms with Crippen LogP contribution in [-0.2, 0) is 0 Å². The Morgan fingerprint density at radius 3 is 2.75 bits per heavy atom. The lowest BCUT2D eigenvalue weighted by Gasteiger charge is -2.01. The summed E-state index contributed by atoms with van der Waals surface area (Å²) in [4.78, 5) is 8.28. The second kappa shape index (κ2) is 4.64. The number of rotatable bonds is 2. The van der Waals surface area contributed by atoms with Crippen LogP contribution >= 0.6 is 11.8 Å². The van der Waals surface area contributed by atoms with Crippen LogP contribution in [0.15, 0.2) is 46.6 Å². The van der Waals surface area contributed by atoms with E-state index in [9.17, 15) is 0 Å². The Morgan fingerprint density at radius 2 is 2.06 bits per heavy atom. The topological polar surface area (TPSA) is 75.6 Å². The molecule has 2 aromatic heterocycles. The monoisotopic (exact) mass is 228 g/mol.